The van der Waals surface area contributed by atoms with Crippen molar-refractivity contribution in [3.63, 3.8) is 0 Å². The van der Waals surface area contributed by atoms with E-state index in [1.165, 1.54) is 5.56 Å². The maximum absolute atomic E-state index is 5.95. The van der Waals surface area contributed by atoms with Gasteiger partial charge in [0.25, 0.3) is 0 Å². The van der Waals surface area contributed by atoms with Crippen molar-refractivity contribution in [2.75, 3.05) is 13.1 Å². The van der Waals surface area contributed by atoms with Crippen LogP contribution in [0.25, 0.3) is 0 Å². The molecule has 0 fully saturated rings. The highest BCUT2D eigenvalue weighted by molar-refractivity contribution is 5.80. The first kappa shape index (κ1) is 12.9. The second kappa shape index (κ2) is 5.89. The van der Waals surface area contributed by atoms with Crippen LogP contribution in [0.15, 0.2) is 35.3 Å². The fourth-order valence-corrected chi connectivity index (χ4v) is 2.64. The molecule has 0 spiro atoms. The van der Waals surface area contributed by atoms with E-state index in [0.29, 0.717) is 12.0 Å². The molecule has 1 aromatic carbocycles. The summed E-state index contributed by atoms with van der Waals surface area (Å²) in [5.41, 5.74) is 7.35. The Balaban J connectivity index is 1.97. The molecule has 0 bridgehead atoms. The van der Waals surface area contributed by atoms with E-state index in [1.54, 1.807) is 0 Å². The molecule has 1 aliphatic rings. The number of aliphatic imine (C=N–C) groups is 1. The summed E-state index contributed by atoms with van der Waals surface area (Å²) >= 11 is 0. The summed E-state index contributed by atoms with van der Waals surface area (Å²) in [6.45, 7) is 6.34. The first-order chi connectivity index (χ1) is 8.72. The molecule has 0 aromatic heterocycles. The standard InChI is InChI=1S/C15H23N3/c1-3-9-18-14(11-17-15(18)16)10-12(2)13-7-5-4-6-8-13/h4-8,12,14H,3,9-11H2,1-2H3,(H2,16,17). The van der Waals surface area contributed by atoms with E-state index in [9.17, 15) is 0 Å². The fraction of sp³-hybridized carbons (Fsp3) is 0.533. The van der Waals surface area contributed by atoms with E-state index >= 15 is 0 Å². The molecule has 3 heteroatoms. The molecule has 1 aliphatic heterocycles. The topological polar surface area (TPSA) is 41.6 Å². The Morgan fingerprint density at radius 1 is 1.39 bits per heavy atom. The maximum atomic E-state index is 5.95. The Kier molecular flexibility index (Phi) is 4.24. The number of hydrogen-bond acceptors (Lipinski definition) is 3. The van der Waals surface area contributed by atoms with Gasteiger partial charge in [-0.3, -0.25) is 4.99 Å². The Morgan fingerprint density at radius 3 is 2.78 bits per heavy atom. The molecular formula is C15H23N3. The van der Waals surface area contributed by atoms with Crippen LogP contribution in [0.1, 0.15) is 38.2 Å². The van der Waals surface area contributed by atoms with Gasteiger partial charge in [0.05, 0.1) is 12.6 Å². The number of nitrogens with two attached hydrogens (primary N) is 1. The largest absolute Gasteiger partial charge is 0.370 e. The van der Waals surface area contributed by atoms with Crippen molar-refractivity contribution >= 4 is 5.96 Å². The molecule has 98 valence electrons. The summed E-state index contributed by atoms with van der Waals surface area (Å²) in [5.74, 6) is 1.28. The van der Waals surface area contributed by atoms with Crippen LogP contribution in [0, 0.1) is 0 Å². The summed E-state index contributed by atoms with van der Waals surface area (Å²) in [5, 5.41) is 0. The SMILES string of the molecule is CCCN1C(N)=NCC1CC(C)c1ccccc1. The number of nitrogens with zero attached hydrogens (tertiary/aromatic N) is 2. The Morgan fingerprint density at radius 2 is 2.11 bits per heavy atom. The van der Waals surface area contributed by atoms with E-state index in [-0.39, 0.29) is 0 Å². The third-order valence-corrected chi connectivity index (χ3v) is 3.66. The highest BCUT2D eigenvalue weighted by Gasteiger charge is 2.26. The zero-order chi connectivity index (χ0) is 13.0. The molecule has 2 rings (SSSR count). The van der Waals surface area contributed by atoms with Crippen LogP contribution in [0.3, 0.4) is 0 Å². The minimum atomic E-state index is 0.472. The monoisotopic (exact) mass is 245 g/mol. The Bertz CT molecular complexity index is 399. The van der Waals surface area contributed by atoms with Gasteiger partial charge in [0.1, 0.15) is 0 Å². The lowest BCUT2D eigenvalue weighted by Gasteiger charge is -2.28. The van der Waals surface area contributed by atoms with Gasteiger partial charge in [-0.05, 0) is 24.3 Å². The molecule has 18 heavy (non-hydrogen) atoms. The number of benzene rings is 1. The van der Waals surface area contributed by atoms with Crippen LogP contribution >= 0.6 is 0 Å². The lowest BCUT2D eigenvalue weighted by molar-refractivity contribution is 0.311. The minimum Gasteiger partial charge on any atom is -0.370 e. The first-order valence-electron chi connectivity index (χ1n) is 6.84. The van der Waals surface area contributed by atoms with Crippen LogP contribution in [0.2, 0.25) is 0 Å². The van der Waals surface area contributed by atoms with E-state index in [2.05, 4.69) is 54.1 Å². The van der Waals surface area contributed by atoms with Crippen molar-refractivity contribution in [3.8, 4) is 0 Å². The fourth-order valence-electron chi connectivity index (χ4n) is 2.64. The van der Waals surface area contributed by atoms with Crippen LogP contribution in [0.4, 0.5) is 0 Å². The van der Waals surface area contributed by atoms with E-state index in [4.69, 9.17) is 5.73 Å². The third kappa shape index (κ3) is 2.84. The van der Waals surface area contributed by atoms with Crippen molar-refractivity contribution in [2.24, 2.45) is 10.7 Å². The highest BCUT2D eigenvalue weighted by Crippen LogP contribution is 2.24. The van der Waals surface area contributed by atoms with Crippen LogP contribution in [0.5, 0.6) is 0 Å². The number of hydrogen-bond donors (Lipinski definition) is 1. The second-order valence-corrected chi connectivity index (χ2v) is 5.09. The van der Waals surface area contributed by atoms with Gasteiger partial charge < -0.3 is 10.6 Å². The van der Waals surface area contributed by atoms with Gasteiger partial charge in [-0.1, -0.05) is 44.2 Å². The summed E-state index contributed by atoms with van der Waals surface area (Å²) in [7, 11) is 0. The number of rotatable bonds is 5. The van der Waals surface area contributed by atoms with E-state index < -0.39 is 0 Å². The first-order valence-corrected chi connectivity index (χ1v) is 6.84. The van der Waals surface area contributed by atoms with Crippen LogP contribution in [-0.4, -0.2) is 30.0 Å². The molecule has 1 aromatic rings. The lowest BCUT2D eigenvalue weighted by atomic mass is 9.93. The average molecular weight is 245 g/mol. The van der Waals surface area contributed by atoms with Crippen molar-refractivity contribution in [1.29, 1.82) is 0 Å². The van der Waals surface area contributed by atoms with Crippen LogP contribution < -0.4 is 5.73 Å². The Labute approximate surface area is 110 Å². The van der Waals surface area contributed by atoms with Crippen LogP contribution in [-0.2, 0) is 0 Å². The molecule has 0 radical (unpaired) electrons. The van der Waals surface area contributed by atoms with Gasteiger partial charge in [-0.15, -0.1) is 0 Å². The summed E-state index contributed by atoms with van der Waals surface area (Å²) in [6, 6.07) is 11.2. The Hall–Kier alpha value is -1.51. The zero-order valence-electron chi connectivity index (χ0n) is 11.3. The van der Waals surface area contributed by atoms with Crippen molar-refractivity contribution < 1.29 is 0 Å². The van der Waals surface area contributed by atoms with Crippen molar-refractivity contribution in [3.05, 3.63) is 35.9 Å². The summed E-state index contributed by atoms with van der Waals surface area (Å²) < 4.78 is 0. The maximum Gasteiger partial charge on any atom is 0.191 e. The van der Waals surface area contributed by atoms with E-state index in [1.807, 2.05) is 0 Å². The molecular weight excluding hydrogens is 222 g/mol. The molecule has 1 heterocycles. The third-order valence-electron chi connectivity index (χ3n) is 3.66. The summed E-state index contributed by atoms with van der Waals surface area (Å²) in [6.07, 6.45) is 2.24. The lowest BCUT2D eigenvalue weighted by Crippen LogP contribution is -2.41. The second-order valence-electron chi connectivity index (χ2n) is 5.09. The average Bonchev–Trinajstić information content (AvgIpc) is 2.73. The zero-order valence-corrected chi connectivity index (χ0v) is 11.3. The van der Waals surface area contributed by atoms with Gasteiger partial charge >= 0.3 is 0 Å². The molecule has 2 unspecified atom stereocenters. The molecule has 2 atom stereocenters. The molecule has 2 N–H and O–H groups in total. The van der Waals surface area contributed by atoms with Gasteiger partial charge in [0.15, 0.2) is 5.96 Å². The normalized spacial score (nSPS) is 20.9. The van der Waals surface area contributed by atoms with Gasteiger partial charge in [-0.25, -0.2) is 0 Å². The molecule has 3 nitrogen and oxygen atoms in total. The summed E-state index contributed by atoms with van der Waals surface area (Å²) in [4.78, 5) is 6.65. The predicted octanol–water partition coefficient (Wildman–Crippen LogP) is 2.59. The predicted molar refractivity (Wildman–Crippen MR) is 76.7 cm³/mol. The molecule has 0 saturated carbocycles. The molecule has 0 saturated heterocycles. The smallest absolute Gasteiger partial charge is 0.191 e. The number of guanidine groups is 1. The van der Waals surface area contributed by atoms with Gasteiger partial charge in [0, 0.05) is 6.54 Å². The van der Waals surface area contributed by atoms with Gasteiger partial charge in [-0.2, -0.15) is 0 Å². The van der Waals surface area contributed by atoms with E-state index in [0.717, 1.165) is 31.9 Å². The minimum absolute atomic E-state index is 0.472. The van der Waals surface area contributed by atoms with Crippen molar-refractivity contribution in [1.82, 2.24) is 4.90 Å². The quantitative estimate of drug-likeness (QED) is 0.866. The van der Waals surface area contributed by atoms with Crippen molar-refractivity contribution in [2.45, 2.75) is 38.6 Å². The highest BCUT2D eigenvalue weighted by atomic mass is 15.3. The molecule has 0 aliphatic carbocycles. The molecule has 0 amide bonds. The van der Waals surface area contributed by atoms with Gasteiger partial charge in [0.2, 0.25) is 0 Å².